The highest BCUT2D eigenvalue weighted by Gasteiger charge is 2.13. The highest BCUT2D eigenvalue weighted by Crippen LogP contribution is 2.25. The van der Waals surface area contributed by atoms with Crippen LogP contribution in [0.3, 0.4) is 0 Å². The van der Waals surface area contributed by atoms with Crippen molar-refractivity contribution in [3.8, 4) is 11.3 Å². The summed E-state index contributed by atoms with van der Waals surface area (Å²) >= 11 is 1.50. The summed E-state index contributed by atoms with van der Waals surface area (Å²) in [4.78, 5) is 17.3. The summed E-state index contributed by atoms with van der Waals surface area (Å²) < 4.78 is 1.77. The molecule has 1 N–H and O–H groups in total. The average molecular weight is 348 g/mol. The molecule has 0 aliphatic rings. The Kier molecular flexibility index (Phi) is 4.26. The van der Waals surface area contributed by atoms with Gasteiger partial charge in [-0.2, -0.15) is 4.98 Å². The van der Waals surface area contributed by atoms with E-state index in [4.69, 9.17) is 0 Å². The maximum absolute atomic E-state index is 12.1. The predicted octanol–water partition coefficient (Wildman–Crippen LogP) is 4.03. The fourth-order valence-corrected chi connectivity index (χ4v) is 3.46. The number of thiazole rings is 1. The molecule has 0 bridgehead atoms. The van der Waals surface area contributed by atoms with Crippen LogP contribution in [0.25, 0.3) is 16.2 Å². The highest BCUT2D eigenvalue weighted by atomic mass is 32.1. The highest BCUT2D eigenvalue weighted by molar-refractivity contribution is 7.15. The van der Waals surface area contributed by atoms with Gasteiger partial charge in [-0.25, -0.2) is 4.52 Å². The van der Waals surface area contributed by atoms with Crippen molar-refractivity contribution in [2.24, 2.45) is 0 Å². The summed E-state index contributed by atoms with van der Waals surface area (Å²) in [6.07, 6.45) is 1.10. The second-order valence-corrected chi connectivity index (χ2v) is 6.49. The van der Waals surface area contributed by atoms with Crippen molar-refractivity contribution in [3.63, 3.8) is 0 Å². The molecule has 0 unspecified atom stereocenters. The first-order chi connectivity index (χ1) is 12.3. The molecule has 25 heavy (non-hydrogen) atoms. The van der Waals surface area contributed by atoms with Gasteiger partial charge in [0.1, 0.15) is 0 Å². The maximum atomic E-state index is 12.1. The van der Waals surface area contributed by atoms with E-state index in [9.17, 15) is 4.79 Å². The van der Waals surface area contributed by atoms with E-state index in [1.54, 1.807) is 4.52 Å². The normalized spacial score (nSPS) is 10.9. The van der Waals surface area contributed by atoms with Crippen LogP contribution < -0.4 is 5.32 Å². The van der Waals surface area contributed by atoms with Crippen molar-refractivity contribution in [2.45, 2.75) is 12.8 Å². The van der Waals surface area contributed by atoms with Gasteiger partial charge in [0.2, 0.25) is 16.8 Å². The van der Waals surface area contributed by atoms with Crippen LogP contribution in [0.5, 0.6) is 0 Å². The van der Waals surface area contributed by atoms with E-state index in [1.165, 1.54) is 11.3 Å². The van der Waals surface area contributed by atoms with Crippen molar-refractivity contribution in [1.29, 1.82) is 0 Å². The zero-order valence-corrected chi connectivity index (χ0v) is 14.2. The van der Waals surface area contributed by atoms with Gasteiger partial charge in [-0.15, -0.1) is 16.4 Å². The Balaban J connectivity index is 1.47. The molecule has 5 nitrogen and oxygen atoms in total. The zero-order chi connectivity index (χ0) is 17.1. The van der Waals surface area contributed by atoms with Crippen LogP contribution in [0.4, 0.5) is 5.95 Å². The number of anilines is 1. The molecule has 6 heteroatoms. The molecule has 124 valence electrons. The molecule has 2 heterocycles. The third kappa shape index (κ3) is 3.44. The molecule has 0 aliphatic carbocycles. The van der Waals surface area contributed by atoms with Crippen molar-refractivity contribution >= 4 is 28.2 Å². The number of benzene rings is 2. The minimum Gasteiger partial charge on any atom is -0.293 e. The molecule has 0 fully saturated rings. The van der Waals surface area contributed by atoms with Gasteiger partial charge in [0.05, 0.1) is 5.69 Å². The van der Waals surface area contributed by atoms with E-state index in [1.807, 2.05) is 66.0 Å². The van der Waals surface area contributed by atoms with Gasteiger partial charge >= 0.3 is 0 Å². The van der Waals surface area contributed by atoms with Gasteiger partial charge < -0.3 is 0 Å². The first kappa shape index (κ1) is 15.5. The molecule has 2 aromatic heterocycles. The van der Waals surface area contributed by atoms with Crippen molar-refractivity contribution in [2.75, 3.05) is 5.32 Å². The molecule has 0 spiro atoms. The third-order valence-corrected chi connectivity index (χ3v) is 4.70. The quantitative estimate of drug-likeness (QED) is 0.592. The van der Waals surface area contributed by atoms with E-state index in [-0.39, 0.29) is 5.91 Å². The summed E-state index contributed by atoms with van der Waals surface area (Å²) in [5.41, 5.74) is 3.18. The number of carbonyl (C=O) groups is 1. The molecule has 0 radical (unpaired) electrons. The van der Waals surface area contributed by atoms with Gasteiger partial charge in [0.15, 0.2) is 0 Å². The lowest BCUT2D eigenvalue weighted by Crippen LogP contribution is -2.13. The molecular formula is C19H16N4OS. The lowest BCUT2D eigenvalue weighted by atomic mass is 10.1. The molecule has 0 saturated carbocycles. The summed E-state index contributed by atoms with van der Waals surface area (Å²) in [5.74, 6) is 0.269. The SMILES string of the molecule is O=C(CCc1ccccc1)Nc1nc2scc(-c3ccccc3)n2n1. The molecule has 0 saturated heterocycles. The fraction of sp³-hybridized carbons (Fsp3) is 0.105. The first-order valence-electron chi connectivity index (χ1n) is 8.03. The number of fused-ring (bicyclic) bond motifs is 1. The Morgan fingerprint density at radius 1 is 1.04 bits per heavy atom. The molecule has 4 aromatic rings. The van der Waals surface area contributed by atoms with E-state index in [0.717, 1.165) is 21.8 Å². The van der Waals surface area contributed by atoms with Crippen LogP contribution in [0.15, 0.2) is 66.0 Å². The number of aromatic nitrogens is 3. The predicted molar refractivity (Wildman–Crippen MR) is 99.7 cm³/mol. The van der Waals surface area contributed by atoms with Crippen LogP contribution in [-0.2, 0) is 11.2 Å². The summed E-state index contributed by atoms with van der Waals surface area (Å²) in [6, 6.07) is 20.0. The van der Waals surface area contributed by atoms with Gasteiger partial charge in [0.25, 0.3) is 0 Å². The minimum atomic E-state index is -0.0802. The number of hydrogen-bond donors (Lipinski definition) is 1. The van der Waals surface area contributed by atoms with Crippen LogP contribution in [0.1, 0.15) is 12.0 Å². The lowest BCUT2D eigenvalue weighted by molar-refractivity contribution is -0.116. The Hall–Kier alpha value is -2.99. The minimum absolute atomic E-state index is 0.0802. The van der Waals surface area contributed by atoms with Gasteiger partial charge in [-0.05, 0) is 12.0 Å². The summed E-state index contributed by atoms with van der Waals surface area (Å²) in [7, 11) is 0. The number of aryl methyl sites for hydroxylation is 1. The van der Waals surface area contributed by atoms with Gasteiger partial charge in [-0.3, -0.25) is 10.1 Å². The zero-order valence-electron chi connectivity index (χ0n) is 13.4. The number of rotatable bonds is 5. The van der Waals surface area contributed by atoms with Crippen LogP contribution in [0.2, 0.25) is 0 Å². The van der Waals surface area contributed by atoms with E-state index in [0.29, 0.717) is 18.8 Å². The number of nitrogens with one attached hydrogen (secondary N) is 1. The van der Waals surface area contributed by atoms with Gasteiger partial charge in [0, 0.05) is 17.4 Å². The lowest BCUT2D eigenvalue weighted by Gasteiger charge is -2.01. The van der Waals surface area contributed by atoms with Crippen LogP contribution >= 0.6 is 11.3 Å². The Morgan fingerprint density at radius 3 is 2.52 bits per heavy atom. The Morgan fingerprint density at radius 2 is 1.76 bits per heavy atom. The smallest absolute Gasteiger partial charge is 0.250 e. The van der Waals surface area contributed by atoms with Crippen LogP contribution in [0, 0.1) is 0 Å². The standard InChI is InChI=1S/C19H16N4OS/c24-17(12-11-14-7-3-1-4-8-14)20-18-21-19-23(22-18)16(13-25-19)15-9-5-2-6-10-15/h1-10,13H,11-12H2,(H,20,22,24). The van der Waals surface area contributed by atoms with Crippen molar-refractivity contribution in [1.82, 2.24) is 14.6 Å². The number of nitrogens with zero attached hydrogens (tertiary/aromatic N) is 3. The largest absolute Gasteiger partial charge is 0.293 e. The fourth-order valence-electron chi connectivity index (χ4n) is 2.63. The molecule has 0 aliphatic heterocycles. The van der Waals surface area contributed by atoms with Crippen LogP contribution in [-0.4, -0.2) is 20.5 Å². The molecule has 2 aromatic carbocycles. The molecule has 4 rings (SSSR count). The van der Waals surface area contributed by atoms with Crippen molar-refractivity contribution in [3.05, 3.63) is 71.6 Å². The van der Waals surface area contributed by atoms with Gasteiger partial charge in [-0.1, -0.05) is 60.7 Å². The second kappa shape index (κ2) is 6.86. The summed E-state index contributed by atoms with van der Waals surface area (Å²) in [6.45, 7) is 0. The number of amides is 1. The molecule has 1 amide bonds. The number of carbonyl (C=O) groups excluding carboxylic acids is 1. The average Bonchev–Trinajstić information content (AvgIpc) is 3.21. The van der Waals surface area contributed by atoms with E-state index < -0.39 is 0 Å². The Bertz CT molecular complexity index is 992. The first-order valence-corrected chi connectivity index (χ1v) is 8.91. The third-order valence-electron chi connectivity index (χ3n) is 3.89. The Labute approximate surface area is 149 Å². The number of hydrogen-bond acceptors (Lipinski definition) is 4. The van der Waals surface area contributed by atoms with E-state index in [2.05, 4.69) is 15.4 Å². The maximum Gasteiger partial charge on any atom is 0.250 e. The summed E-state index contributed by atoms with van der Waals surface area (Å²) in [5, 5.41) is 9.24. The second-order valence-electron chi connectivity index (χ2n) is 5.65. The molecular weight excluding hydrogens is 332 g/mol. The molecule has 0 atom stereocenters. The van der Waals surface area contributed by atoms with Crippen molar-refractivity contribution < 1.29 is 4.79 Å². The monoisotopic (exact) mass is 348 g/mol. The van der Waals surface area contributed by atoms with E-state index >= 15 is 0 Å². The topological polar surface area (TPSA) is 59.3 Å².